The van der Waals surface area contributed by atoms with Crippen molar-refractivity contribution in [2.24, 2.45) is 0 Å². The Kier molecular flexibility index (Phi) is 6.42. The normalized spacial score (nSPS) is 18.2. The van der Waals surface area contributed by atoms with E-state index in [9.17, 15) is 9.59 Å². The van der Waals surface area contributed by atoms with Crippen LogP contribution >= 0.6 is 27.3 Å². The average molecular weight is 417 g/mol. The number of urea groups is 1. The maximum atomic E-state index is 12.6. The molecule has 8 heteroatoms. The summed E-state index contributed by atoms with van der Waals surface area (Å²) in [5, 5.41) is 4.83. The van der Waals surface area contributed by atoms with Gasteiger partial charge in [-0.3, -0.25) is 4.90 Å². The maximum absolute atomic E-state index is 12.6. The number of nitrogens with one attached hydrogen (secondary N) is 1. The van der Waals surface area contributed by atoms with Crippen LogP contribution in [0, 0.1) is 0 Å². The second kappa shape index (κ2) is 8.13. The van der Waals surface area contributed by atoms with E-state index < -0.39 is 12.0 Å². The second-order valence-electron chi connectivity index (χ2n) is 5.64. The molecule has 0 saturated heterocycles. The van der Waals surface area contributed by atoms with Crippen molar-refractivity contribution in [1.29, 1.82) is 0 Å². The number of nitrogens with zero attached hydrogens (tertiary/aromatic N) is 1. The number of ether oxygens (including phenoxy) is 2. The smallest absolute Gasteiger partial charge is 0.338 e. The molecule has 24 heavy (non-hydrogen) atoms. The van der Waals surface area contributed by atoms with E-state index >= 15 is 0 Å². The van der Waals surface area contributed by atoms with Crippen molar-refractivity contribution in [3.63, 3.8) is 0 Å². The zero-order valence-electron chi connectivity index (χ0n) is 14.1. The number of hydrogen-bond acceptors (Lipinski definition) is 5. The third-order valence-electron chi connectivity index (χ3n) is 3.66. The number of esters is 1. The number of methoxy groups -OCH3 is 1. The van der Waals surface area contributed by atoms with Gasteiger partial charge in [-0.25, -0.2) is 9.59 Å². The molecule has 0 bridgehead atoms. The van der Waals surface area contributed by atoms with Gasteiger partial charge in [-0.05, 0) is 42.8 Å². The van der Waals surface area contributed by atoms with E-state index in [-0.39, 0.29) is 18.7 Å². The highest BCUT2D eigenvalue weighted by Gasteiger charge is 2.38. The molecule has 2 amide bonds. The highest BCUT2D eigenvalue weighted by atomic mass is 79.9. The fourth-order valence-electron chi connectivity index (χ4n) is 2.63. The van der Waals surface area contributed by atoms with Crippen molar-refractivity contribution < 1.29 is 19.1 Å². The lowest BCUT2D eigenvalue weighted by Crippen LogP contribution is -2.50. The van der Waals surface area contributed by atoms with Crippen LogP contribution in [0.4, 0.5) is 4.79 Å². The van der Waals surface area contributed by atoms with Crippen LogP contribution in [0.1, 0.15) is 31.7 Å². The van der Waals surface area contributed by atoms with Gasteiger partial charge in [0.25, 0.3) is 0 Å². The third-order valence-corrected chi connectivity index (χ3v) is 5.41. The first-order valence-electron chi connectivity index (χ1n) is 7.57. The van der Waals surface area contributed by atoms with E-state index in [0.29, 0.717) is 17.9 Å². The predicted molar refractivity (Wildman–Crippen MR) is 95.8 cm³/mol. The summed E-state index contributed by atoms with van der Waals surface area (Å²) >= 11 is 4.88. The molecule has 2 rings (SSSR count). The summed E-state index contributed by atoms with van der Waals surface area (Å²) in [5.74, 6) is -0.440. The van der Waals surface area contributed by atoms with Gasteiger partial charge in [0.2, 0.25) is 0 Å². The molecule has 1 aromatic rings. The molecule has 1 aliphatic heterocycles. The molecule has 1 atom stereocenters. The summed E-state index contributed by atoms with van der Waals surface area (Å²) in [6.45, 7) is 6.08. The molecule has 0 spiro atoms. The number of allylic oxidation sites excluding steroid dienone is 1. The van der Waals surface area contributed by atoms with Crippen LogP contribution in [-0.2, 0) is 14.3 Å². The van der Waals surface area contributed by atoms with Crippen molar-refractivity contribution in [1.82, 2.24) is 10.2 Å². The number of carbonyl (C=O) groups is 2. The molecule has 6 nitrogen and oxygen atoms in total. The maximum Gasteiger partial charge on any atom is 0.338 e. The van der Waals surface area contributed by atoms with Gasteiger partial charge in [0.05, 0.1) is 18.2 Å². The van der Waals surface area contributed by atoms with Crippen LogP contribution < -0.4 is 5.32 Å². The highest BCUT2D eigenvalue weighted by Crippen LogP contribution is 2.36. The third kappa shape index (κ3) is 3.99. The van der Waals surface area contributed by atoms with Crippen molar-refractivity contribution in [2.45, 2.75) is 32.9 Å². The summed E-state index contributed by atoms with van der Waals surface area (Å²) in [4.78, 5) is 27.5. The lowest BCUT2D eigenvalue weighted by Gasteiger charge is -2.37. The van der Waals surface area contributed by atoms with Crippen LogP contribution in [-0.4, -0.2) is 43.3 Å². The zero-order valence-corrected chi connectivity index (χ0v) is 16.5. The summed E-state index contributed by atoms with van der Waals surface area (Å²) in [6, 6.07) is 1.10. The van der Waals surface area contributed by atoms with Gasteiger partial charge in [0.1, 0.15) is 6.61 Å². The lowest BCUT2D eigenvalue weighted by atomic mass is 10.00. The van der Waals surface area contributed by atoms with E-state index in [2.05, 4.69) is 21.2 Å². The average Bonchev–Trinajstić information content (AvgIpc) is 2.92. The van der Waals surface area contributed by atoms with Crippen molar-refractivity contribution in [2.75, 3.05) is 20.3 Å². The van der Waals surface area contributed by atoms with Gasteiger partial charge in [-0.2, -0.15) is 0 Å². The van der Waals surface area contributed by atoms with Crippen LogP contribution in [0.5, 0.6) is 0 Å². The number of rotatable bonds is 6. The zero-order chi connectivity index (χ0) is 17.9. The molecule has 0 saturated carbocycles. The molecule has 132 valence electrons. The number of halogens is 1. The summed E-state index contributed by atoms with van der Waals surface area (Å²) in [6.07, 6.45) is 0. The molecular weight excluding hydrogens is 396 g/mol. The molecule has 0 aromatic carbocycles. The Hall–Kier alpha value is -1.38. The Labute approximate surface area is 153 Å². The molecule has 1 aliphatic rings. The minimum absolute atomic E-state index is 0.0669. The number of amides is 2. The quantitative estimate of drug-likeness (QED) is 0.569. The van der Waals surface area contributed by atoms with E-state index in [4.69, 9.17) is 9.47 Å². The lowest BCUT2D eigenvalue weighted by molar-refractivity contribution is -0.140. The van der Waals surface area contributed by atoms with Gasteiger partial charge >= 0.3 is 12.0 Å². The van der Waals surface area contributed by atoms with Gasteiger partial charge in [0, 0.05) is 33.6 Å². The van der Waals surface area contributed by atoms with E-state index in [1.165, 1.54) is 11.3 Å². The number of hydrogen-bond donors (Lipinski definition) is 1. The first kappa shape index (κ1) is 19.0. The Morgan fingerprint density at radius 3 is 2.71 bits per heavy atom. The molecule has 2 heterocycles. The standard InChI is InChI=1S/C16H21BrN2O4S/c1-9(2)19-10(3)13(15(20)23-6-5-22-4)14(18-16(19)21)12-7-11(17)8-24-12/h7-9,14H,5-6H2,1-4H3,(H,18,21)/t14-/m0/s1. The fraction of sp³-hybridized carbons (Fsp3) is 0.500. The molecular formula is C16H21BrN2O4S. The van der Waals surface area contributed by atoms with Gasteiger partial charge < -0.3 is 14.8 Å². The molecule has 1 aromatic heterocycles. The van der Waals surface area contributed by atoms with E-state index in [1.54, 1.807) is 18.9 Å². The summed E-state index contributed by atoms with van der Waals surface area (Å²) in [7, 11) is 1.55. The number of thiophene rings is 1. The van der Waals surface area contributed by atoms with Crippen molar-refractivity contribution in [3.05, 3.63) is 32.1 Å². The Balaban J connectivity index is 2.41. The van der Waals surface area contributed by atoms with Gasteiger partial charge in [-0.1, -0.05) is 0 Å². The minimum Gasteiger partial charge on any atom is -0.460 e. The second-order valence-corrected chi connectivity index (χ2v) is 7.50. The summed E-state index contributed by atoms with van der Waals surface area (Å²) in [5.41, 5.74) is 1.07. The molecule has 0 aliphatic carbocycles. The predicted octanol–water partition coefficient (Wildman–Crippen LogP) is 3.45. The molecule has 0 fully saturated rings. The Morgan fingerprint density at radius 2 is 2.17 bits per heavy atom. The Morgan fingerprint density at radius 1 is 1.46 bits per heavy atom. The SMILES string of the molecule is COCCOC(=O)C1=C(C)N(C(C)C)C(=O)N[C@H]1c1cc(Br)cs1. The first-order valence-corrected chi connectivity index (χ1v) is 9.24. The minimum atomic E-state index is -0.515. The topological polar surface area (TPSA) is 67.9 Å². The Bertz CT molecular complexity index is 656. The monoisotopic (exact) mass is 416 g/mol. The van der Waals surface area contributed by atoms with Crippen LogP contribution in [0.3, 0.4) is 0 Å². The van der Waals surface area contributed by atoms with Gasteiger partial charge in [-0.15, -0.1) is 11.3 Å². The van der Waals surface area contributed by atoms with Crippen LogP contribution in [0.15, 0.2) is 27.2 Å². The first-order chi connectivity index (χ1) is 11.4. The van der Waals surface area contributed by atoms with E-state index in [1.807, 2.05) is 25.3 Å². The largest absolute Gasteiger partial charge is 0.460 e. The molecule has 0 radical (unpaired) electrons. The van der Waals surface area contributed by atoms with Crippen LogP contribution in [0.25, 0.3) is 0 Å². The highest BCUT2D eigenvalue weighted by molar-refractivity contribution is 9.10. The van der Waals surface area contributed by atoms with Crippen molar-refractivity contribution in [3.8, 4) is 0 Å². The van der Waals surface area contributed by atoms with E-state index in [0.717, 1.165) is 9.35 Å². The molecule has 1 N–H and O–H groups in total. The summed E-state index contributed by atoms with van der Waals surface area (Å²) < 4.78 is 11.1. The van der Waals surface area contributed by atoms with Crippen LogP contribution in [0.2, 0.25) is 0 Å². The number of carbonyl (C=O) groups excluding carboxylic acids is 2. The van der Waals surface area contributed by atoms with Crippen molar-refractivity contribution >= 4 is 39.3 Å². The van der Waals surface area contributed by atoms with Gasteiger partial charge in [0.15, 0.2) is 0 Å². The molecule has 0 unspecified atom stereocenters. The fourth-order valence-corrected chi connectivity index (χ4v) is 4.14.